The zero-order valence-electron chi connectivity index (χ0n) is 13.1. The predicted molar refractivity (Wildman–Crippen MR) is 85.5 cm³/mol. The number of anilines is 1. The van der Waals surface area contributed by atoms with Crippen LogP contribution in [-0.2, 0) is 11.3 Å². The van der Waals surface area contributed by atoms with Crippen LogP contribution in [0.1, 0.15) is 21.5 Å². The molecule has 1 heterocycles. The summed E-state index contributed by atoms with van der Waals surface area (Å²) < 4.78 is 4.55. The Hall–Kier alpha value is -3.47. The van der Waals surface area contributed by atoms with E-state index in [1.807, 2.05) is 12.1 Å². The van der Waals surface area contributed by atoms with E-state index in [4.69, 9.17) is 5.26 Å². The second-order valence-corrected chi connectivity index (χ2v) is 4.98. The van der Waals surface area contributed by atoms with Crippen LogP contribution in [0.15, 0.2) is 36.5 Å². The summed E-state index contributed by atoms with van der Waals surface area (Å²) in [7, 11) is 2.84. The fourth-order valence-electron chi connectivity index (χ4n) is 2.19. The summed E-state index contributed by atoms with van der Waals surface area (Å²) >= 11 is 0. The Morgan fingerprint density at radius 1 is 1.46 bits per heavy atom. The third kappa shape index (κ3) is 3.64. The number of nitrogens with zero attached hydrogens (tertiary/aromatic N) is 4. The number of ether oxygens (including phenoxy) is 1. The predicted octanol–water partition coefficient (Wildman–Crippen LogP) is 2.28. The van der Waals surface area contributed by atoms with E-state index in [2.05, 4.69) is 9.72 Å². The van der Waals surface area contributed by atoms with Crippen LogP contribution >= 0.6 is 0 Å². The molecule has 0 spiro atoms. The molecule has 0 saturated carbocycles. The molecule has 0 fully saturated rings. The Morgan fingerprint density at radius 2 is 2.21 bits per heavy atom. The fraction of sp³-hybridized carbons (Fsp3) is 0.188. The van der Waals surface area contributed by atoms with Crippen LogP contribution in [0, 0.1) is 21.4 Å². The van der Waals surface area contributed by atoms with Crippen molar-refractivity contribution < 1.29 is 14.5 Å². The van der Waals surface area contributed by atoms with Gasteiger partial charge in [-0.3, -0.25) is 10.1 Å². The van der Waals surface area contributed by atoms with Gasteiger partial charge in [0.1, 0.15) is 0 Å². The zero-order chi connectivity index (χ0) is 17.7. The number of hydrogen-bond donors (Lipinski definition) is 0. The highest BCUT2D eigenvalue weighted by molar-refractivity contribution is 5.90. The van der Waals surface area contributed by atoms with Gasteiger partial charge in [-0.1, -0.05) is 12.1 Å². The van der Waals surface area contributed by atoms with Crippen molar-refractivity contribution in [1.29, 1.82) is 5.26 Å². The molecule has 122 valence electrons. The molecule has 0 amide bonds. The molecule has 2 rings (SSSR count). The number of benzene rings is 1. The number of aromatic nitrogens is 1. The summed E-state index contributed by atoms with van der Waals surface area (Å²) in [5, 5.41) is 20.2. The minimum Gasteiger partial charge on any atom is -0.465 e. The second kappa shape index (κ2) is 7.19. The summed E-state index contributed by atoms with van der Waals surface area (Å²) in [5.41, 5.74) is 1.03. The lowest BCUT2D eigenvalue weighted by atomic mass is 10.1. The standard InChI is InChI=1S/C16H14N4O4/c1-19(10-12-5-3-4-11(6-12)8-17)15-14(20(22)23)7-13(9-18-15)16(21)24-2/h3-7,9H,10H2,1-2H3. The normalized spacial score (nSPS) is 9.88. The van der Waals surface area contributed by atoms with Crippen LogP contribution in [0.4, 0.5) is 11.5 Å². The molecular formula is C16H14N4O4. The number of carbonyl (C=O) groups excluding carboxylic acids is 1. The third-order valence-corrected chi connectivity index (χ3v) is 3.30. The number of esters is 1. The molecule has 1 aromatic carbocycles. The van der Waals surface area contributed by atoms with E-state index in [1.54, 1.807) is 30.1 Å². The van der Waals surface area contributed by atoms with Gasteiger partial charge in [-0.25, -0.2) is 9.78 Å². The van der Waals surface area contributed by atoms with Gasteiger partial charge in [0.05, 0.1) is 29.2 Å². The van der Waals surface area contributed by atoms with E-state index in [-0.39, 0.29) is 17.1 Å². The van der Waals surface area contributed by atoms with E-state index < -0.39 is 10.9 Å². The van der Waals surface area contributed by atoms with Gasteiger partial charge in [0, 0.05) is 25.9 Å². The lowest BCUT2D eigenvalue weighted by molar-refractivity contribution is -0.384. The van der Waals surface area contributed by atoms with Crippen molar-refractivity contribution in [3.05, 3.63) is 63.3 Å². The lowest BCUT2D eigenvalue weighted by Gasteiger charge is -2.18. The Morgan fingerprint density at radius 3 is 2.83 bits per heavy atom. The van der Waals surface area contributed by atoms with E-state index in [1.165, 1.54) is 13.3 Å². The van der Waals surface area contributed by atoms with E-state index in [0.717, 1.165) is 11.6 Å². The SMILES string of the molecule is COC(=O)c1cnc(N(C)Cc2cccc(C#N)c2)c([N+](=O)[O-])c1. The van der Waals surface area contributed by atoms with Crippen LogP contribution in [0.5, 0.6) is 0 Å². The molecular weight excluding hydrogens is 312 g/mol. The number of nitriles is 1. The topological polar surface area (TPSA) is 109 Å². The van der Waals surface area contributed by atoms with Crippen LogP contribution in [0.3, 0.4) is 0 Å². The first-order chi connectivity index (χ1) is 11.5. The van der Waals surface area contributed by atoms with E-state index >= 15 is 0 Å². The van der Waals surface area contributed by atoms with Crippen molar-refractivity contribution in [2.24, 2.45) is 0 Å². The Balaban J connectivity index is 2.34. The summed E-state index contributed by atoms with van der Waals surface area (Å²) in [4.78, 5) is 27.8. The summed E-state index contributed by atoms with van der Waals surface area (Å²) in [6.07, 6.45) is 1.23. The maximum Gasteiger partial charge on any atom is 0.339 e. The molecule has 8 nitrogen and oxygen atoms in total. The van der Waals surface area contributed by atoms with Crippen molar-refractivity contribution in [3.8, 4) is 6.07 Å². The van der Waals surface area contributed by atoms with Crippen molar-refractivity contribution in [1.82, 2.24) is 4.98 Å². The second-order valence-electron chi connectivity index (χ2n) is 4.98. The van der Waals surface area contributed by atoms with Crippen molar-refractivity contribution in [3.63, 3.8) is 0 Å². The Labute approximate surface area is 138 Å². The van der Waals surface area contributed by atoms with Gasteiger partial charge in [0.25, 0.3) is 0 Å². The number of carbonyl (C=O) groups is 1. The molecule has 0 aliphatic carbocycles. The first kappa shape index (κ1) is 16.9. The molecule has 1 aromatic heterocycles. The van der Waals surface area contributed by atoms with Gasteiger partial charge in [-0.2, -0.15) is 5.26 Å². The fourth-order valence-corrected chi connectivity index (χ4v) is 2.19. The number of hydrogen-bond acceptors (Lipinski definition) is 7. The molecule has 0 aliphatic heterocycles. The van der Waals surface area contributed by atoms with E-state index in [0.29, 0.717) is 12.1 Å². The molecule has 24 heavy (non-hydrogen) atoms. The highest BCUT2D eigenvalue weighted by Crippen LogP contribution is 2.27. The quantitative estimate of drug-likeness (QED) is 0.471. The number of rotatable bonds is 5. The summed E-state index contributed by atoms with van der Waals surface area (Å²) in [6, 6.07) is 10.1. The smallest absolute Gasteiger partial charge is 0.339 e. The molecule has 0 unspecified atom stereocenters. The zero-order valence-corrected chi connectivity index (χ0v) is 13.1. The lowest BCUT2D eigenvalue weighted by Crippen LogP contribution is -2.19. The van der Waals surface area contributed by atoms with Gasteiger partial charge in [0.15, 0.2) is 0 Å². The Kier molecular flexibility index (Phi) is 5.06. The van der Waals surface area contributed by atoms with Crippen LogP contribution in [0.2, 0.25) is 0 Å². The molecule has 0 radical (unpaired) electrons. The molecule has 0 aliphatic rings. The van der Waals surface area contributed by atoms with E-state index in [9.17, 15) is 14.9 Å². The summed E-state index contributed by atoms with van der Waals surface area (Å²) in [6.45, 7) is 0.320. The minimum absolute atomic E-state index is 0.00725. The van der Waals surface area contributed by atoms with Crippen molar-refractivity contribution in [2.75, 3.05) is 19.1 Å². The van der Waals surface area contributed by atoms with Crippen LogP contribution in [-0.4, -0.2) is 30.0 Å². The molecule has 0 atom stereocenters. The average Bonchev–Trinajstić information content (AvgIpc) is 2.60. The highest BCUT2D eigenvalue weighted by atomic mass is 16.6. The summed E-state index contributed by atoms with van der Waals surface area (Å²) in [5.74, 6) is -0.573. The molecule has 0 N–H and O–H groups in total. The maximum absolute atomic E-state index is 11.5. The average molecular weight is 326 g/mol. The molecule has 8 heteroatoms. The number of pyridine rings is 1. The first-order valence-corrected chi connectivity index (χ1v) is 6.89. The number of methoxy groups -OCH3 is 1. The van der Waals surface area contributed by atoms with Gasteiger partial charge in [-0.15, -0.1) is 0 Å². The third-order valence-electron chi connectivity index (χ3n) is 3.30. The van der Waals surface area contributed by atoms with Gasteiger partial charge in [-0.05, 0) is 17.7 Å². The first-order valence-electron chi connectivity index (χ1n) is 6.89. The highest BCUT2D eigenvalue weighted by Gasteiger charge is 2.22. The van der Waals surface area contributed by atoms with Crippen molar-refractivity contribution in [2.45, 2.75) is 6.54 Å². The largest absolute Gasteiger partial charge is 0.465 e. The molecule has 0 saturated heterocycles. The maximum atomic E-state index is 11.5. The number of nitro groups is 1. The Bertz CT molecular complexity index is 829. The molecule has 2 aromatic rings. The van der Waals surface area contributed by atoms with Gasteiger partial charge < -0.3 is 9.64 Å². The van der Waals surface area contributed by atoms with Gasteiger partial charge in [0.2, 0.25) is 5.82 Å². The van der Waals surface area contributed by atoms with Crippen LogP contribution in [0.25, 0.3) is 0 Å². The van der Waals surface area contributed by atoms with Crippen LogP contribution < -0.4 is 4.90 Å². The monoisotopic (exact) mass is 326 g/mol. The van der Waals surface area contributed by atoms with Gasteiger partial charge >= 0.3 is 11.7 Å². The molecule has 0 bridgehead atoms. The minimum atomic E-state index is -0.693. The van der Waals surface area contributed by atoms with Crippen molar-refractivity contribution >= 4 is 17.5 Å².